The molecule has 128 valence electrons. The highest BCUT2D eigenvalue weighted by Crippen LogP contribution is 2.37. The lowest BCUT2D eigenvalue weighted by Gasteiger charge is -2.15. The summed E-state index contributed by atoms with van der Waals surface area (Å²) in [5.41, 5.74) is 0.738. The molecule has 0 radical (unpaired) electrons. The molecule has 0 unspecified atom stereocenters. The van der Waals surface area contributed by atoms with Crippen molar-refractivity contribution >= 4 is 5.78 Å². The Morgan fingerprint density at radius 2 is 1.21 bits per heavy atom. The molecule has 0 N–H and O–H groups in total. The molecule has 0 bridgehead atoms. The fourth-order valence-corrected chi connectivity index (χ4v) is 2.35. The maximum atomic E-state index is 13.0. The number of benzene rings is 2. The fourth-order valence-electron chi connectivity index (χ4n) is 2.35. The molecule has 0 spiro atoms. The molecule has 0 saturated carbocycles. The van der Waals surface area contributed by atoms with E-state index >= 15 is 0 Å². The van der Waals surface area contributed by atoms with Crippen LogP contribution in [0, 0.1) is 0 Å². The monoisotopic (exact) mass is 332 g/mol. The third-order valence-electron chi connectivity index (χ3n) is 3.59. The first-order valence-electron chi connectivity index (χ1n) is 7.16. The summed E-state index contributed by atoms with van der Waals surface area (Å²) < 4.78 is 26.3. The van der Waals surface area contributed by atoms with Crippen molar-refractivity contribution in [3.05, 3.63) is 41.5 Å². The first-order chi connectivity index (χ1) is 11.6. The van der Waals surface area contributed by atoms with E-state index in [0.717, 1.165) is 0 Å². The van der Waals surface area contributed by atoms with Gasteiger partial charge < -0.3 is 23.7 Å². The number of carbonyl (C=O) groups excluding carboxylic acids is 1. The lowest BCUT2D eigenvalue weighted by atomic mass is 10.0. The van der Waals surface area contributed by atoms with Crippen LogP contribution in [0.3, 0.4) is 0 Å². The number of ketones is 1. The van der Waals surface area contributed by atoms with Gasteiger partial charge in [-0.3, -0.25) is 4.79 Å². The molecule has 0 aliphatic rings. The van der Waals surface area contributed by atoms with E-state index in [1.807, 2.05) is 0 Å². The smallest absolute Gasteiger partial charge is 0.200 e. The molecule has 0 atom stereocenters. The summed E-state index contributed by atoms with van der Waals surface area (Å²) in [5.74, 6) is 2.02. The van der Waals surface area contributed by atoms with Gasteiger partial charge in [-0.1, -0.05) is 0 Å². The third-order valence-corrected chi connectivity index (χ3v) is 3.59. The van der Waals surface area contributed by atoms with Crippen molar-refractivity contribution in [2.45, 2.75) is 0 Å². The molecule has 2 aromatic rings. The Balaban J connectivity index is 2.57. The molecule has 0 aliphatic heterocycles. The number of hydrogen-bond donors (Lipinski definition) is 0. The van der Waals surface area contributed by atoms with Gasteiger partial charge in [0.1, 0.15) is 22.8 Å². The van der Waals surface area contributed by atoms with E-state index in [9.17, 15) is 4.79 Å². The summed E-state index contributed by atoms with van der Waals surface area (Å²) in [4.78, 5) is 13.0. The number of ether oxygens (including phenoxy) is 5. The highest BCUT2D eigenvalue weighted by atomic mass is 16.5. The summed E-state index contributed by atoms with van der Waals surface area (Å²) >= 11 is 0. The van der Waals surface area contributed by atoms with E-state index in [4.69, 9.17) is 23.7 Å². The van der Waals surface area contributed by atoms with Crippen LogP contribution < -0.4 is 23.7 Å². The van der Waals surface area contributed by atoms with Crippen LogP contribution in [-0.2, 0) is 0 Å². The standard InChI is InChI=1S/C18H20O6/c1-20-12-9-15(23-4)17(16(10-12)24-5)18(19)11-6-7-13(21-2)14(8-11)22-3/h6-10H,1-5H3. The predicted molar refractivity (Wildman–Crippen MR) is 89.1 cm³/mol. The van der Waals surface area contributed by atoms with Crippen molar-refractivity contribution in [1.82, 2.24) is 0 Å². The van der Waals surface area contributed by atoms with Gasteiger partial charge in [0.2, 0.25) is 5.78 Å². The van der Waals surface area contributed by atoms with E-state index in [0.29, 0.717) is 39.9 Å². The molecule has 0 aromatic heterocycles. The molecule has 0 amide bonds. The van der Waals surface area contributed by atoms with Gasteiger partial charge in [-0.25, -0.2) is 0 Å². The van der Waals surface area contributed by atoms with E-state index < -0.39 is 0 Å². The average Bonchev–Trinajstić information content (AvgIpc) is 2.65. The maximum Gasteiger partial charge on any atom is 0.200 e. The Labute approximate surface area is 140 Å². The van der Waals surface area contributed by atoms with Gasteiger partial charge in [-0.05, 0) is 18.2 Å². The van der Waals surface area contributed by atoms with Crippen LogP contribution in [0.4, 0.5) is 0 Å². The third kappa shape index (κ3) is 3.22. The second-order valence-electron chi connectivity index (χ2n) is 4.81. The molecule has 0 heterocycles. The SMILES string of the molecule is COc1cc(OC)c(C(=O)c2ccc(OC)c(OC)c2)c(OC)c1. The summed E-state index contributed by atoms with van der Waals surface area (Å²) in [6.07, 6.45) is 0. The Hall–Kier alpha value is -2.89. The van der Waals surface area contributed by atoms with Crippen LogP contribution in [0.5, 0.6) is 28.7 Å². The zero-order valence-electron chi connectivity index (χ0n) is 14.3. The van der Waals surface area contributed by atoms with Gasteiger partial charge in [0.05, 0.1) is 35.5 Å². The topological polar surface area (TPSA) is 63.2 Å². The minimum absolute atomic E-state index is 0.257. The Kier molecular flexibility index (Phi) is 5.52. The summed E-state index contributed by atoms with van der Waals surface area (Å²) in [5, 5.41) is 0. The van der Waals surface area contributed by atoms with Crippen molar-refractivity contribution in [3.8, 4) is 28.7 Å². The Morgan fingerprint density at radius 3 is 1.67 bits per heavy atom. The van der Waals surface area contributed by atoms with E-state index in [-0.39, 0.29) is 5.78 Å². The number of methoxy groups -OCH3 is 5. The number of hydrogen-bond acceptors (Lipinski definition) is 6. The molecule has 0 fully saturated rings. The van der Waals surface area contributed by atoms with E-state index in [1.54, 1.807) is 30.3 Å². The van der Waals surface area contributed by atoms with Crippen LogP contribution in [0.1, 0.15) is 15.9 Å². The predicted octanol–water partition coefficient (Wildman–Crippen LogP) is 2.96. The Morgan fingerprint density at radius 1 is 0.667 bits per heavy atom. The van der Waals surface area contributed by atoms with Gasteiger partial charge >= 0.3 is 0 Å². The van der Waals surface area contributed by atoms with Crippen molar-refractivity contribution in [2.24, 2.45) is 0 Å². The van der Waals surface area contributed by atoms with Gasteiger partial charge in [0, 0.05) is 17.7 Å². The summed E-state index contributed by atoms with van der Waals surface area (Å²) in [7, 11) is 7.55. The zero-order chi connectivity index (χ0) is 17.7. The van der Waals surface area contributed by atoms with Crippen molar-refractivity contribution in [3.63, 3.8) is 0 Å². The minimum Gasteiger partial charge on any atom is -0.496 e. The first-order valence-corrected chi connectivity index (χ1v) is 7.16. The maximum absolute atomic E-state index is 13.0. The largest absolute Gasteiger partial charge is 0.496 e. The second-order valence-corrected chi connectivity index (χ2v) is 4.81. The molecular formula is C18H20O6. The molecule has 2 rings (SSSR count). The van der Waals surface area contributed by atoms with Gasteiger partial charge in [0.15, 0.2) is 11.5 Å². The summed E-state index contributed by atoms with van der Waals surface area (Å²) in [6, 6.07) is 8.22. The minimum atomic E-state index is -0.257. The van der Waals surface area contributed by atoms with Crippen LogP contribution in [0.2, 0.25) is 0 Å². The molecule has 6 nitrogen and oxygen atoms in total. The molecular weight excluding hydrogens is 312 g/mol. The highest BCUT2D eigenvalue weighted by Gasteiger charge is 2.22. The van der Waals surface area contributed by atoms with Gasteiger partial charge in [-0.2, -0.15) is 0 Å². The molecule has 6 heteroatoms. The fraction of sp³-hybridized carbons (Fsp3) is 0.278. The van der Waals surface area contributed by atoms with Crippen LogP contribution in [0.15, 0.2) is 30.3 Å². The van der Waals surface area contributed by atoms with Crippen LogP contribution >= 0.6 is 0 Å². The highest BCUT2D eigenvalue weighted by molar-refractivity contribution is 6.13. The number of rotatable bonds is 7. The van der Waals surface area contributed by atoms with Crippen molar-refractivity contribution in [1.29, 1.82) is 0 Å². The quantitative estimate of drug-likeness (QED) is 0.727. The molecule has 24 heavy (non-hydrogen) atoms. The Bertz CT molecular complexity index is 713. The van der Waals surface area contributed by atoms with Crippen molar-refractivity contribution in [2.75, 3.05) is 35.5 Å². The van der Waals surface area contributed by atoms with Gasteiger partial charge in [0.25, 0.3) is 0 Å². The lowest BCUT2D eigenvalue weighted by Crippen LogP contribution is -2.07. The average molecular weight is 332 g/mol. The van der Waals surface area contributed by atoms with Crippen molar-refractivity contribution < 1.29 is 28.5 Å². The molecule has 2 aromatic carbocycles. The number of carbonyl (C=O) groups is 1. The zero-order valence-corrected chi connectivity index (χ0v) is 14.3. The second kappa shape index (κ2) is 7.59. The summed E-state index contributed by atoms with van der Waals surface area (Å²) in [6.45, 7) is 0. The van der Waals surface area contributed by atoms with E-state index in [1.165, 1.54) is 35.5 Å². The van der Waals surface area contributed by atoms with Crippen LogP contribution in [0.25, 0.3) is 0 Å². The van der Waals surface area contributed by atoms with Gasteiger partial charge in [-0.15, -0.1) is 0 Å². The normalized spacial score (nSPS) is 10.0. The van der Waals surface area contributed by atoms with E-state index in [2.05, 4.69) is 0 Å². The van der Waals surface area contributed by atoms with Crippen LogP contribution in [-0.4, -0.2) is 41.3 Å². The lowest BCUT2D eigenvalue weighted by molar-refractivity contribution is 0.103. The first kappa shape index (κ1) is 17.5. The molecule has 0 aliphatic carbocycles. The molecule has 0 saturated heterocycles.